The highest BCUT2D eigenvalue weighted by Gasteiger charge is 2.56. The van der Waals surface area contributed by atoms with Crippen molar-refractivity contribution in [1.29, 1.82) is 15.8 Å². The van der Waals surface area contributed by atoms with Crippen LogP contribution in [0.4, 0.5) is 0 Å². The van der Waals surface area contributed by atoms with Crippen molar-refractivity contribution in [2.45, 2.75) is 107 Å². The number of hydrogen-bond acceptors (Lipinski definition) is 25. The highest BCUT2D eigenvalue weighted by Crippen LogP contribution is 2.52. The number of likely N-dealkylation sites (N-methyl/N-ethyl adjacent to an activating group) is 1. The Morgan fingerprint density at radius 1 is 0.537 bits per heavy atom. The van der Waals surface area contributed by atoms with Crippen LogP contribution in [-0.2, 0) is 69.5 Å². The van der Waals surface area contributed by atoms with Crippen molar-refractivity contribution in [3.63, 3.8) is 0 Å². The minimum absolute atomic E-state index is 0.0155. The van der Waals surface area contributed by atoms with Gasteiger partial charge in [-0.1, -0.05) is 214 Å². The molecule has 149 heavy (non-hydrogen) atoms. The van der Waals surface area contributed by atoms with Crippen molar-refractivity contribution in [2.75, 3.05) is 54.5 Å². The van der Waals surface area contributed by atoms with Crippen molar-refractivity contribution in [1.82, 2.24) is 49.5 Å². The van der Waals surface area contributed by atoms with E-state index in [2.05, 4.69) is 77.7 Å². The summed E-state index contributed by atoms with van der Waals surface area (Å²) in [5.74, 6) is 0.486. The van der Waals surface area contributed by atoms with Crippen molar-refractivity contribution in [3.8, 4) is 46.1 Å². The van der Waals surface area contributed by atoms with Crippen LogP contribution >= 0.6 is 11.3 Å². The molecule has 7 amide bonds. The molecule has 11 N–H and O–H groups in total. The largest absolute Gasteiger partial charge is 0.466 e. The summed E-state index contributed by atoms with van der Waals surface area (Å²) in [4.78, 5) is 129. The Morgan fingerprint density at radius 3 is 1.58 bits per heavy atom. The monoisotopic (exact) mass is 2010 g/mol. The number of nitrogens with zero attached hydrogens (tertiary/aromatic N) is 17. The maximum absolute atomic E-state index is 14.0. The highest BCUT2D eigenvalue weighted by molar-refractivity contribution is 7.10. The smallest absolute Gasteiger partial charge is 0.266 e. The van der Waals surface area contributed by atoms with E-state index in [1.54, 1.807) is 135 Å². The van der Waals surface area contributed by atoms with Gasteiger partial charge in [-0.05, 0) is 179 Å². The van der Waals surface area contributed by atoms with E-state index in [-0.39, 0.29) is 96.6 Å². The van der Waals surface area contributed by atoms with Crippen LogP contribution in [0.1, 0.15) is 164 Å². The van der Waals surface area contributed by atoms with E-state index in [0.29, 0.717) is 71.7 Å². The Balaban J connectivity index is 0.000000140. The van der Waals surface area contributed by atoms with E-state index in [1.807, 2.05) is 214 Å². The average molecular weight is 2010 g/mol. The number of methoxy groups -OCH3 is 1. The first kappa shape index (κ1) is 105. The summed E-state index contributed by atoms with van der Waals surface area (Å²) in [6, 6.07) is 86.8. The molecule has 5 atom stereocenters. The molecule has 1 fully saturated rings. The van der Waals surface area contributed by atoms with E-state index >= 15 is 0 Å². The van der Waals surface area contributed by atoms with E-state index in [0.717, 1.165) is 90.2 Å². The number of pyridine rings is 1. The first-order valence-corrected chi connectivity index (χ1v) is 49.2. The molecule has 6 aliphatic rings. The van der Waals surface area contributed by atoms with Gasteiger partial charge in [0.25, 0.3) is 23.6 Å². The molecule has 1 aliphatic carbocycles. The standard InChI is InChI=1S/C29H28N4O2.C26H26N4O3.C25H25N5OS.C19H20N6O.C17H16N4O2/c1-3-18-32(19-4-2)26(34)23-13-11-12-22(20-23)21-33-27(35)29(31-28(33)30,24-14-7-5-8-15-24)25-16-9-6-10-17-25;1-33-16-15-28-23(31)20-10-8-9-19(17-20)18-30-24(32)26(29-25(30)27,21-11-4-2-5-12-21)22-13-6-3-7-14-22;1-15(2)17-5-7-18(8-6-17)22-23(31)30(4)24(27)29-25(22,3)21-10-20(14-32-21)19-9-16(11-26)12-28-13-19;1-19(16(13-6-7-13)17(26)24(2)18(21)23-19)14-10-22-25(11-14)15-5-3-4-12(8-15)9-20;1-17(8-15(22)21(2)16(19)20-17)14-7-13(10-23-14)12-5-3-4-11(6-12)9-18/h3-17,20H,1-2,18-19,21H2,(H2,30,31);2-14,17H,15-16,18H2,1H3,(H2,27,29)(H,28,31);5-10,12-15,22H,1-4H3,(H2,27,29);3-5,8,10-11,13,16H,6-7H2,1-2H3,(H2,21,23);3-7,10H,8H2,1-2H3,(H2,19,20)/t;;22-,25+;16-,19+;17-/m..000/s1. The Labute approximate surface area is 868 Å². The molecule has 9 aromatic carbocycles. The van der Waals surface area contributed by atoms with E-state index in [4.69, 9.17) is 68.3 Å². The number of aromatic nitrogens is 3. The number of amides is 7. The lowest BCUT2D eigenvalue weighted by Crippen LogP contribution is -2.54. The fraction of sp³-hybridized carbons (Fsp3) is 0.233. The van der Waals surface area contributed by atoms with E-state index in [1.165, 1.54) is 47.6 Å². The van der Waals surface area contributed by atoms with Gasteiger partial charge < -0.3 is 48.0 Å². The summed E-state index contributed by atoms with van der Waals surface area (Å²) in [5.41, 5.74) is 40.2. The van der Waals surface area contributed by atoms with Crippen LogP contribution in [-0.4, -0.2) is 170 Å². The van der Waals surface area contributed by atoms with E-state index < -0.39 is 33.6 Å². The number of ether oxygens (including phenoxy) is 1. The fourth-order valence-corrected chi connectivity index (χ4v) is 19.8. The first-order valence-electron chi connectivity index (χ1n) is 48.3. The molecule has 0 unspecified atom stereocenters. The number of carbonyl (C=O) groups is 7. The van der Waals surface area contributed by atoms with Crippen molar-refractivity contribution < 1.29 is 42.7 Å². The molecule has 0 saturated heterocycles. The van der Waals surface area contributed by atoms with Crippen molar-refractivity contribution in [2.24, 2.45) is 65.5 Å². The Morgan fingerprint density at radius 2 is 1.05 bits per heavy atom. The number of guanidine groups is 5. The summed E-state index contributed by atoms with van der Waals surface area (Å²) in [6.07, 6.45) is 14.1. The van der Waals surface area contributed by atoms with Crippen LogP contribution < -0.4 is 34.0 Å². The van der Waals surface area contributed by atoms with Crippen LogP contribution in [0, 0.1) is 45.8 Å². The van der Waals surface area contributed by atoms with Crippen LogP contribution in [0.5, 0.6) is 0 Å². The molecule has 5 aliphatic heterocycles. The second kappa shape index (κ2) is 45.4. The first-order chi connectivity index (χ1) is 71.7. The zero-order valence-electron chi connectivity index (χ0n) is 84.1. The number of carbonyl (C=O) groups excluding carboxylic acids is 7. The molecule has 13 aromatic rings. The summed E-state index contributed by atoms with van der Waals surface area (Å²) < 4.78 is 12.3. The Hall–Kier alpha value is -18.1. The molecule has 0 spiro atoms. The second-order valence-electron chi connectivity index (χ2n) is 37.5. The average Bonchev–Trinajstić information content (AvgIpc) is 1.64. The number of thiophene rings is 1. The number of nitrogens with one attached hydrogen (secondary N) is 1. The fourth-order valence-electron chi connectivity index (χ4n) is 18.7. The number of aliphatic imine (C=N–C) groups is 5. The van der Waals surface area contributed by atoms with Crippen LogP contribution in [0.3, 0.4) is 0 Å². The molecular weight excluding hydrogens is 1890 g/mol. The lowest BCUT2D eigenvalue weighted by molar-refractivity contribution is -0.135. The minimum atomic E-state index is -1.26. The number of nitrogens with two attached hydrogens (primary N) is 5. The summed E-state index contributed by atoms with van der Waals surface area (Å²) >= 11 is 1.53. The summed E-state index contributed by atoms with van der Waals surface area (Å²) in [7, 11) is 6.51. The highest BCUT2D eigenvalue weighted by atomic mass is 32.1. The molecule has 0 bridgehead atoms. The quantitative estimate of drug-likeness (QED) is 0.0217. The predicted molar refractivity (Wildman–Crippen MR) is 574 cm³/mol. The molecule has 32 nitrogen and oxygen atoms in total. The maximum atomic E-state index is 14.0. The van der Waals surface area contributed by atoms with E-state index in [9.17, 15) is 38.8 Å². The van der Waals surface area contributed by atoms with Gasteiger partial charge in [-0.2, -0.15) is 20.9 Å². The lowest BCUT2D eigenvalue weighted by Gasteiger charge is -2.40. The minimum Gasteiger partial charge on any atom is -0.466 e. The third-order valence-electron chi connectivity index (χ3n) is 27.1. The zero-order chi connectivity index (χ0) is 106. The summed E-state index contributed by atoms with van der Waals surface area (Å²) in [5, 5.41) is 36.5. The van der Waals surface area contributed by atoms with Gasteiger partial charge >= 0.3 is 0 Å². The predicted octanol–water partition coefficient (Wildman–Crippen LogP) is 15.3. The Bertz CT molecular complexity index is 7410. The molecule has 4 aromatic heterocycles. The number of benzene rings is 9. The van der Waals surface area contributed by atoms with Crippen molar-refractivity contribution >= 4 is 82.5 Å². The van der Waals surface area contributed by atoms with Gasteiger partial charge in [0, 0.05) is 99.2 Å². The third kappa shape index (κ3) is 22.3. The van der Waals surface area contributed by atoms with Crippen molar-refractivity contribution in [3.05, 3.63) is 411 Å². The molecular formula is C116H115N23O9S. The SMILES string of the molecule is C=CCN(CC=C)C(=O)c1cccc(CN2C(=O)C(c3ccccc3)(c3ccccc3)N=C2N)c1.CC(C)c1ccc([C@H]2C(=O)N(C)C(N)=N[C@]2(C)c2cc(-c3cncc(C#N)c3)cs2)cc1.CN1C(=O)C[C@@](C)(c2cc(-c3cccc(C#N)c3)co2)N=C1N.CN1C(=O)[C@H](C2CC2)[C@@](C)(c2cnn(-c3cccc(C#N)c3)c2)N=C1N.COCCNC(=O)c1cccc(CN2C(=O)C(c3ccccc3)(c3ccccc3)N=C2N)c1. The molecule has 754 valence electrons. The lowest BCUT2D eigenvalue weighted by atomic mass is 9.76. The third-order valence-corrected chi connectivity index (χ3v) is 28.3. The van der Waals surface area contributed by atoms with Gasteiger partial charge in [-0.25, -0.2) is 29.6 Å². The van der Waals surface area contributed by atoms with Gasteiger partial charge in [0.05, 0.1) is 84.9 Å². The Kier molecular flexibility index (Phi) is 32.1. The van der Waals surface area contributed by atoms with Crippen LogP contribution in [0.15, 0.2) is 352 Å². The molecule has 33 heteroatoms. The zero-order valence-corrected chi connectivity index (χ0v) is 84.9. The van der Waals surface area contributed by atoms with Gasteiger partial charge in [-0.3, -0.25) is 63.0 Å². The number of nitriles is 3. The molecule has 9 heterocycles. The van der Waals surface area contributed by atoms with Gasteiger partial charge in [0.15, 0.2) is 40.9 Å². The van der Waals surface area contributed by atoms with Crippen LogP contribution in [0.25, 0.3) is 27.9 Å². The second-order valence-corrected chi connectivity index (χ2v) is 38.4. The number of hydrogen-bond donors (Lipinski definition) is 6. The molecule has 19 rings (SSSR count). The maximum Gasteiger partial charge on any atom is 0.266 e. The number of furan rings is 1. The number of rotatable bonds is 26. The molecule has 1 saturated carbocycles. The topological polar surface area (TPSA) is 467 Å². The van der Waals surface area contributed by atoms with Gasteiger partial charge in [0.2, 0.25) is 17.7 Å². The normalized spacial score (nSPS) is 18.9. The van der Waals surface area contributed by atoms with Gasteiger partial charge in [0.1, 0.15) is 28.4 Å². The molecule has 0 radical (unpaired) electrons. The van der Waals surface area contributed by atoms with Gasteiger partial charge in [-0.15, -0.1) is 24.5 Å². The summed E-state index contributed by atoms with van der Waals surface area (Å²) in [6.45, 7) is 19.6. The van der Waals surface area contributed by atoms with Crippen LogP contribution in [0.2, 0.25) is 0 Å².